The number of aryl methyl sites for hydroxylation is 2. The van der Waals surface area contributed by atoms with Crippen molar-refractivity contribution in [1.82, 2.24) is 14.7 Å². The largest absolute Gasteiger partial charge is 0.389 e. The van der Waals surface area contributed by atoms with Crippen molar-refractivity contribution in [2.45, 2.75) is 13.8 Å². The predicted octanol–water partition coefficient (Wildman–Crippen LogP) is 0.726. The molecule has 0 aromatic carbocycles. The van der Waals surface area contributed by atoms with E-state index >= 15 is 0 Å². The summed E-state index contributed by atoms with van der Waals surface area (Å²) in [7, 11) is 3.98. The highest BCUT2D eigenvalue weighted by atomic mass is 32.1. The fourth-order valence-corrected chi connectivity index (χ4v) is 1.92. The lowest BCUT2D eigenvalue weighted by Gasteiger charge is -2.15. The van der Waals surface area contributed by atoms with Crippen molar-refractivity contribution in [3.8, 4) is 0 Å². The van der Waals surface area contributed by atoms with E-state index in [1.165, 1.54) is 0 Å². The molecule has 0 atom stereocenters. The monoisotopic (exact) mass is 255 g/mol. The van der Waals surface area contributed by atoms with E-state index in [0.29, 0.717) is 4.99 Å². The summed E-state index contributed by atoms with van der Waals surface area (Å²) in [6, 6.07) is 0. The number of nitrogens with zero attached hydrogens (tertiary/aromatic N) is 3. The molecule has 0 aliphatic heterocycles. The molecule has 0 spiro atoms. The van der Waals surface area contributed by atoms with Crippen LogP contribution in [0.3, 0.4) is 0 Å². The van der Waals surface area contributed by atoms with Crippen molar-refractivity contribution in [3.63, 3.8) is 0 Å². The van der Waals surface area contributed by atoms with E-state index < -0.39 is 0 Å². The maximum Gasteiger partial charge on any atom is 0.134 e. The average molecular weight is 255 g/mol. The summed E-state index contributed by atoms with van der Waals surface area (Å²) in [4.78, 5) is 2.62. The third-order valence-electron chi connectivity index (χ3n) is 2.79. The lowest BCUT2D eigenvalue weighted by atomic mass is 10.2. The molecule has 1 aromatic rings. The second-order valence-corrected chi connectivity index (χ2v) is 4.56. The Bertz CT molecular complexity index is 399. The van der Waals surface area contributed by atoms with Gasteiger partial charge in [0, 0.05) is 20.1 Å². The Morgan fingerprint density at radius 2 is 2.24 bits per heavy atom. The van der Waals surface area contributed by atoms with Crippen molar-refractivity contribution in [2.75, 3.05) is 32.0 Å². The molecule has 0 saturated carbocycles. The van der Waals surface area contributed by atoms with Gasteiger partial charge in [0.2, 0.25) is 0 Å². The Hall–Kier alpha value is -1.14. The molecule has 0 bridgehead atoms. The fraction of sp³-hybridized carbons (Fsp3) is 0.636. The van der Waals surface area contributed by atoms with Crippen LogP contribution in [0.4, 0.5) is 5.82 Å². The zero-order valence-corrected chi connectivity index (χ0v) is 11.8. The molecule has 6 heteroatoms. The highest BCUT2D eigenvalue weighted by molar-refractivity contribution is 7.80. The Labute approximate surface area is 108 Å². The Morgan fingerprint density at radius 3 is 2.76 bits per heavy atom. The molecule has 0 radical (unpaired) electrons. The summed E-state index contributed by atoms with van der Waals surface area (Å²) >= 11 is 5.05. The van der Waals surface area contributed by atoms with Crippen LogP contribution in [-0.4, -0.2) is 46.4 Å². The summed E-state index contributed by atoms with van der Waals surface area (Å²) in [5.74, 6) is 0.902. The van der Waals surface area contributed by atoms with Crippen molar-refractivity contribution >= 4 is 23.0 Å². The Balaban J connectivity index is 2.73. The number of nitrogens with two attached hydrogens (primary N) is 1. The summed E-state index contributed by atoms with van der Waals surface area (Å²) in [5, 5.41) is 7.66. The first kappa shape index (κ1) is 13.9. The second-order valence-electron chi connectivity index (χ2n) is 4.12. The van der Waals surface area contributed by atoms with Crippen molar-refractivity contribution in [1.29, 1.82) is 0 Å². The van der Waals surface area contributed by atoms with Crippen LogP contribution in [-0.2, 0) is 7.05 Å². The molecule has 0 saturated heterocycles. The summed E-state index contributed by atoms with van der Waals surface area (Å²) in [6.07, 6.45) is 0. The molecular formula is C11H21N5S. The van der Waals surface area contributed by atoms with Crippen LogP contribution in [0, 0.1) is 6.92 Å². The van der Waals surface area contributed by atoms with Gasteiger partial charge < -0.3 is 16.0 Å². The van der Waals surface area contributed by atoms with E-state index in [1.54, 1.807) is 4.68 Å². The minimum atomic E-state index is 0.391. The second kappa shape index (κ2) is 5.97. The van der Waals surface area contributed by atoms with E-state index in [9.17, 15) is 0 Å². The standard InChI is InChI=1S/C11H21N5S/c1-5-15(3)7-6-13-11-9(10(12)17)8(2)14-16(11)4/h13H,5-7H2,1-4H3,(H2,12,17). The number of thiocarbonyl (C=S) groups is 1. The maximum absolute atomic E-state index is 5.71. The van der Waals surface area contributed by atoms with Gasteiger partial charge in [0.1, 0.15) is 10.8 Å². The topological polar surface area (TPSA) is 59.1 Å². The first-order chi connectivity index (χ1) is 7.97. The van der Waals surface area contributed by atoms with Crippen LogP contribution in [0.25, 0.3) is 0 Å². The average Bonchev–Trinajstić information content (AvgIpc) is 2.53. The number of rotatable bonds is 6. The van der Waals surface area contributed by atoms with Crippen LogP contribution < -0.4 is 11.1 Å². The van der Waals surface area contributed by atoms with Gasteiger partial charge in [-0.15, -0.1) is 0 Å². The Kier molecular flexibility index (Phi) is 4.89. The molecule has 0 aliphatic rings. The Morgan fingerprint density at radius 1 is 1.59 bits per heavy atom. The third kappa shape index (κ3) is 3.41. The number of hydrogen-bond acceptors (Lipinski definition) is 4. The number of anilines is 1. The van der Waals surface area contributed by atoms with Crippen LogP contribution in [0.1, 0.15) is 18.2 Å². The van der Waals surface area contributed by atoms with Gasteiger partial charge in [0.15, 0.2) is 0 Å². The van der Waals surface area contributed by atoms with E-state index in [-0.39, 0.29) is 0 Å². The molecule has 0 aliphatic carbocycles. The number of aromatic nitrogens is 2. The molecule has 3 N–H and O–H groups in total. The van der Waals surface area contributed by atoms with E-state index in [2.05, 4.69) is 29.3 Å². The molecule has 17 heavy (non-hydrogen) atoms. The highest BCUT2D eigenvalue weighted by Crippen LogP contribution is 2.18. The fourth-order valence-electron chi connectivity index (χ4n) is 1.68. The minimum absolute atomic E-state index is 0.391. The van der Waals surface area contributed by atoms with Gasteiger partial charge in [0.25, 0.3) is 0 Å². The number of likely N-dealkylation sites (N-methyl/N-ethyl adjacent to an activating group) is 1. The van der Waals surface area contributed by atoms with Crippen molar-refractivity contribution < 1.29 is 0 Å². The van der Waals surface area contributed by atoms with Gasteiger partial charge in [-0.25, -0.2) is 0 Å². The van der Waals surface area contributed by atoms with Crippen LogP contribution >= 0.6 is 12.2 Å². The molecule has 0 amide bonds. The smallest absolute Gasteiger partial charge is 0.134 e. The molecule has 0 fully saturated rings. The van der Waals surface area contributed by atoms with E-state index in [4.69, 9.17) is 18.0 Å². The van der Waals surface area contributed by atoms with Gasteiger partial charge in [-0.1, -0.05) is 19.1 Å². The highest BCUT2D eigenvalue weighted by Gasteiger charge is 2.14. The predicted molar refractivity (Wildman–Crippen MR) is 75.5 cm³/mol. The van der Waals surface area contributed by atoms with Gasteiger partial charge in [-0.3, -0.25) is 4.68 Å². The van der Waals surface area contributed by atoms with E-state index in [0.717, 1.165) is 36.7 Å². The molecular weight excluding hydrogens is 234 g/mol. The molecule has 1 rings (SSSR count). The minimum Gasteiger partial charge on any atom is -0.389 e. The summed E-state index contributed by atoms with van der Waals surface area (Å²) in [5.41, 5.74) is 7.43. The van der Waals surface area contributed by atoms with Gasteiger partial charge in [-0.05, 0) is 20.5 Å². The maximum atomic E-state index is 5.71. The summed E-state index contributed by atoms with van der Waals surface area (Å²) < 4.78 is 1.79. The molecule has 0 unspecified atom stereocenters. The molecule has 1 heterocycles. The molecule has 96 valence electrons. The number of hydrogen-bond donors (Lipinski definition) is 2. The zero-order chi connectivity index (χ0) is 13.0. The van der Waals surface area contributed by atoms with Crippen LogP contribution in [0.5, 0.6) is 0 Å². The number of nitrogens with one attached hydrogen (secondary N) is 1. The first-order valence-electron chi connectivity index (χ1n) is 5.73. The normalized spacial score (nSPS) is 10.9. The third-order valence-corrected chi connectivity index (χ3v) is 3.00. The van der Waals surface area contributed by atoms with Gasteiger partial charge in [-0.2, -0.15) is 5.10 Å². The molecule has 5 nitrogen and oxygen atoms in total. The SMILES string of the molecule is CCN(C)CCNc1c(C(N)=S)c(C)nn1C. The van der Waals surface area contributed by atoms with Gasteiger partial charge >= 0.3 is 0 Å². The van der Waals surface area contributed by atoms with Crippen LogP contribution in [0.15, 0.2) is 0 Å². The lowest BCUT2D eigenvalue weighted by Crippen LogP contribution is -2.26. The van der Waals surface area contributed by atoms with Crippen molar-refractivity contribution in [2.24, 2.45) is 12.8 Å². The lowest BCUT2D eigenvalue weighted by molar-refractivity contribution is 0.366. The van der Waals surface area contributed by atoms with E-state index in [1.807, 2.05) is 14.0 Å². The first-order valence-corrected chi connectivity index (χ1v) is 6.14. The van der Waals surface area contributed by atoms with Gasteiger partial charge in [0.05, 0.1) is 11.3 Å². The van der Waals surface area contributed by atoms with Crippen molar-refractivity contribution in [3.05, 3.63) is 11.3 Å². The molecule has 1 aromatic heterocycles. The summed E-state index contributed by atoms with van der Waals surface area (Å²) in [6.45, 7) is 6.90. The quantitative estimate of drug-likeness (QED) is 0.734. The van der Waals surface area contributed by atoms with Crippen LogP contribution in [0.2, 0.25) is 0 Å². The zero-order valence-electron chi connectivity index (χ0n) is 10.9.